The Kier molecular flexibility index (Phi) is 15.1. The Balaban J connectivity index is 2.62. The van der Waals surface area contributed by atoms with E-state index in [1.54, 1.807) is 33.1 Å². The molecule has 0 N–H and O–H groups in total. The van der Waals surface area contributed by atoms with Crippen molar-refractivity contribution in [1.29, 1.82) is 0 Å². The molecular formula is C24H34O9S2. The molecule has 0 heterocycles. The highest BCUT2D eigenvalue weighted by atomic mass is 32.3. The molecule has 0 radical (unpaired) electrons. The Hall–Kier alpha value is -2.31. The van der Waals surface area contributed by atoms with Gasteiger partial charge in [-0.3, -0.25) is 12.5 Å². The lowest BCUT2D eigenvalue weighted by Gasteiger charge is -2.33. The second-order valence-electron chi connectivity index (χ2n) is 6.75. The number of ether oxygens (including phenoxy) is 3. The van der Waals surface area contributed by atoms with E-state index in [0.717, 1.165) is 17.9 Å². The predicted molar refractivity (Wildman–Crippen MR) is 138 cm³/mol. The third-order valence-corrected chi connectivity index (χ3v) is 7.94. The van der Waals surface area contributed by atoms with Crippen molar-refractivity contribution in [2.45, 2.75) is 12.8 Å². The molecule has 0 unspecified atom stereocenters. The zero-order valence-electron chi connectivity index (χ0n) is 20.4. The lowest BCUT2D eigenvalue weighted by Crippen LogP contribution is -2.16. The molecule has 0 aliphatic heterocycles. The maximum absolute atomic E-state index is 12.6. The monoisotopic (exact) mass is 530 g/mol. The molecule has 0 atom stereocenters. The van der Waals surface area contributed by atoms with Crippen molar-refractivity contribution >= 4 is 40.5 Å². The molecule has 0 aromatic heterocycles. The highest BCUT2D eigenvalue weighted by molar-refractivity contribution is 8.21. The molecular weight excluding hydrogens is 496 g/mol. The molecule has 1 aromatic carbocycles. The number of thioether (sulfide) groups is 1. The lowest BCUT2D eigenvalue weighted by atomic mass is 10.0. The normalized spacial score (nSPS) is 11.4. The first kappa shape index (κ1) is 30.7. The molecule has 1 rings (SSSR count). The topological polar surface area (TPSA) is 107 Å². The molecule has 0 saturated carbocycles. The van der Waals surface area contributed by atoms with E-state index in [0.29, 0.717) is 12.2 Å². The van der Waals surface area contributed by atoms with Gasteiger partial charge in [-0.05, 0) is 42.5 Å². The van der Waals surface area contributed by atoms with Crippen molar-refractivity contribution in [3.8, 4) is 0 Å². The summed E-state index contributed by atoms with van der Waals surface area (Å²) in [5.74, 6) is 0.222. The maximum atomic E-state index is 12.6. The second-order valence-corrected chi connectivity index (χ2v) is 10.5. The molecule has 196 valence electrons. The van der Waals surface area contributed by atoms with Crippen molar-refractivity contribution in [2.24, 2.45) is 0 Å². The first-order chi connectivity index (χ1) is 16.9. The third-order valence-electron chi connectivity index (χ3n) is 4.47. The molecule has 0 fully saturated rings. The minimum absolute atomic E-state index is 0.00463. The van der Waals surface area contributed by atoms with Crippen LogP contribution in [0, 0.1) is 0 Å². The van der Waals surface area contributed by atoms with Crippen molar-refractivity contribution in [1.82, 2.24) is 0 Å². The molecule has 35 heavy (non-hydrogen) atoms. The van der Waals surface area contributed by atoms with Gasteiger partial charge in [0.05, 0.1) is 55.5 Å². The number of rotatable bonds is 18. The van der Waals surface area contributed by atoms with Gasteiger partial charge in [-0.25, -0.2) is 14.4 Å². The molecule has 0 saturated heterocycles. The highest BCUT2D eigenvalue weighted by Crippen LogP contribution is 2.49. The number of esters is 3. The molecule has 0 amide bonds. The van der Waals surface area contributed by atoms with Crippen LogP contribution in [0.3, 0.4) is 0 Å². The van der Waals surface area contributed by atoms with Crippen LogP contribution in [0.5, 0.6) is 0 Å². The van der Waals surface area contributed by atoms with E-state index in [-0.39, 0.29) is 36.5 Å². The summed E-state index contributed by atoms with van der Waals surface area (Å²) in [6, 6.07) is 4.00. The van der Waals surface area contributed by atoms with Gasteiger partial charge in [0.1, 0.15) is 13.2 Å². The van der Waals surface area contributed by atoms with Crippen LogP contribution in [0.25, 0.3) is 0 Å². The van der Waals surface area contributed by atoms with Gasteiger partial charge in [0.15, 0.2) is 0 Å². The van der Waals surface area contributed by atoms with Gasteiger partial charge in [0.2, 0.25) is 0 Å². The number of benzene rings is 1. The Labute approximate surface area is 213 Å². The quantitative estimate of drug-likeness (QED) is 0.116. The Morgan fingerprint density at radius 3 is 2.00 bits per heavy atom. The summed E-state index contributed by atoms with van der Waals surface area (Å²) < 4.78 is 31.4. The summed E-state index contributed by atoms with van der Waals surface area (Å²) in [5, 5.41) is 0. The highest BCUT2D eigenvalue weighted by Gasteiger charge is 2.23. The van der Waals surface area contributed by atoms with Gasteiger partial charge in [0, 0.05) is 5.75 Å². The van der Waals surface area contributed by atoms with E-state index in [9.17, 15) is 14.4 Å². The summed E-state index contributed by atoms with van der Waals surface area (Å²) >= 11 is 1.72. The maximum Gasteiger partial charge on any atom is 0.339 e. The minimum atomic E-state index is -1.94. The fraction of sp³-hybridized carbons (Fsp3) is 0.458. The SMILES string of the molecule is C=CCOC(=O)c1ccc(C(=O)OCCCSCCCS(OC)(OC)OC)c(C(=O)OCC=C)c1. The Bertz CT molecular complexity index is 845. The average molecular weight is 531 g/mol. The van der Waals surface area contributed by atoms with Crippen LogP contribution in [0.1, 0.15) is 43.9 Å². The fourth-order valence-electron chi connectivity index (χ4n) is 2.75. The standard InChI is InChI=1S/C24H34O9S2/c1-6-12-31-22(25)19-10-11-20(21(18-19)24(27)32-13-7-2)23(26)33-14-8-15-34-16-9-17-35(28-3,29-4)30-5/h6-7,10-11,18H,1-2,8-9,12-17H2,3-5H3. The zero-order chi connectivity index (χ0) is 26.1. The van der Waals surface area contributed by atoms with Crippen LogP contribution in [-0.2, 0) is 26.8 Å². The summed E-state index contributed by atoms with van der Waals surface area (Å²) in [4.78, 5) is 37.2. The number of hydrogen-bond acceptors (Lipinski definition) is 10. The van der Waals surface area contributed by atoms with E-state index < -0.39 is 28.8 Å². The zero-order valence-corrected chi connectivity index (χ0v) is 22.1. The van der Waals surface area contributed by atoms with E-state index in [4.69, 9.17) is 26.8 Å². The Morgan fingerprint density at radius 1 is 0.829 bits per heavy atom. The van der Waals surface area contributed by atoms with Gasteiger partial charge >= 0.3 is 17.9 Å². The van der Waals surface area contributed by atoms with Crippen molar-refractivity contribution in [3.63, 3.8) is 0 Å². The smallest absolute Gasteiger partial charge is 0.339 e. The van der Waals surface area contributed by atoms with Crippen LogP contribution in [0.4, 0.5) is 0 Å². The summed E-state index contributed by atoms with van der Waals surface area (Å²) in [7, 11) is 2.76. The van der Waals surface area contributed by atoms with Crippen LogP contribution in [0.2, 0.25) is 0 Å². The molecule has 0 bridgehead atoms. The van der Waals surface area contributed by atoms with E-state index in [1.807, 2.05) is 0 Å². The molecule has 0 aliphatic carbocycles. The van der Waals surface area contributed by atoms with Gasteiger partial charge < -0.3 is 14.2 Å². The van der Waals surface area contributed by atoms with Gasteiger partial charge in [-0.2, -0.15) is 11.8 Å². The van der Waals surface area contributed by atoms with E-state index in [2.05, 4.69) is 13.2 Å². The summed E-state index contributed by atoms with van der Waals surface area (Å²) in [6.45, 7) is 7.13. The van der Waals surface area contributed by atoms with Gasteiger partial charge in [0.25, 0.3) is 0 Å². The first-order valence-electron chi connectivity index (χ1n) is 10.8. The largest absolute Gasteiger partial charge is 0.462 e. The fourth-order valence-corrected chi connectivity index (χ4v) is 5.21. The summed E-state index contributed by atoms with van der Waals surface area (Å²) in [6.07, 6.45) is 4.31. The lowest BCUT2D eigenvalue weighted by molar-refractivity contribution is 0.0474. The molecule has 0 aliphatic rings. The summed E-state index contributed by atoms with van der Waals surface area (Å²) in [5.41, 5.74) is 0.0244. The minimum Gasteiger partial charge on any atom is -0.462 e. The van der Waals surface area contributed by atoms with Crippen LogP contribution in [-0.4, -0.2) is 76.3 Å². The van der Waals surface area contributed by atoms with Crippen LogP contribution in [0.15, 0.2) is 43.5 Å². The average Bonchev–Trinajstić information content (AvgIpc) is 2.89. The van der Waals surface area contributed by atoms with Crippen LogP contribution < -0.4 is 0 Å². The molecule has 0 spiro atoms. The predicted octanol–water partition coefficient (Wildman–Crippen LogP) is 4.53. The Morgan fingerprint density at radius 2 is 1.40 bits per heavy atom. The van der Waals surface area contributed by atoms with Crippen molar-refractivity contribution in [2.75, 3.05) is 58.4 Å². The molecule has 11 heteroatoms. The molecule has 1 aromatic rings. The second kappa shape index (κ2) is 17.2. The number of carbonyl (C=O) groups is 3. The van der Waals surface area contributed by atoms with E-state index >= 15 is 0 Å². The third kappa shape index (κ3) is 10.5. The number of carbonyl (C=O) groups excluding carboxylic acids is 3. The first-order valence-corrected chi connectivity index (χ1v) is 13.5. The van der Waals surface area contributed by atoms with Crippen molar-refractivity contribution < 1.29 is 41.1 Å². The van der Waals surface area contributed by atoms with Gasteiger partial charge in [-0.15, -0.1) is 0 Å². The number of hydrogen-bond donors (Lipinski definition) is 0. The van der Waals surface area contributed by atoms with Crippen LogP contribution >= 0.6 is 22.6 Å². The van der Waals surface area contributed by atoms with E-state index in [1.165, 1.54) is 30.4 Å². The molecule has 9 nitrogen and oxygen atoms in total. The van der Waals surface area contributed by atoms with Gasteiger partial charge in [-0.1, -0.05) is 25.3 Å². The van der Waals surface area contributed by atoms with Crippen molar-refractivity contribution in [3.05, 3.63) is 60.2 Å².